The molecule has 2 aliphatic heterocycles. The fourth-order valence-corrected chi connectivity index (χ4v) is 9.20. The highest BCUT2D eigenvalue weighted by Crippen LogP contribution is 2.46. The summed E-state index contributed by atoms with van der Waals surface area (Å²) in [4.78, 5) is 23.4. The summed E-state index contributed by atoms with van der Waals surface area (Å²) in [6.45, 7) is 9.52. The number of nitrogens with one attached hydrogen (secondary N) is 2. The van der Waals surface area contributed by atoms with Crippen molar-refractivity contribution in [3.05, 3.63) is 59.7 Å². The van der Waals surface area contributed by atoms with E-state index in [2.05, 4.69) is 68.5 Å². The number of nitrogens with zero attached hydrogens (tertiary/aromatic N) is 8. The van der Waals surface area contributed by atoms with E-state index in [9.17, 15) is 4.57 Å². The lowest BCUT2D eigenvalue weighted by atomic mass is 9.71. The molecular weight excluding hydrogens is 743 g/mol. The van der Waals surface area contributed by atoms with Crippen LogP contribution in [0, 0.1) is 5.41 Å². The van der Waals surface area contributed by atoms with Gasteiger partial charge >= 0.3 is 0 Å². The van der Waals surface area contributed by atoms with Gasteiger partial charge in [0.05, 0.1) is 46.6 Å². The Bertz CT molecular complexity index is 2100. The van der Waals surface area contributed by atoms with Gasteiger partial charge in [-0.2, -0.15) is 10.1 Å². The number of likely N-dealkylation sites (tertiary alicyclic amines) is 1. The molecular formula is C37H46BrN10O3P. The molecule has 2 saturated heterocycles. The zero-order chi connectivity index (χ0) is 36.5. The number of hydrogen-bond donors (Lipinski definition) is 2. The number of halogens is 1. The Kier molecular flexibility index (Phi) is 10.5. The Morgan fingerprint density at radius 3 is 2.38 bits per heavy atom. The molecule has 0 radical (unpaired) electrons. The first-order valence-electron chi connectivity index (χ1n) is 17.6. The molecule has 0 aliphatic carbocycles. The molecule has 5 heterocycles. The minimum Gasteiger partial charge on any atom is -0.494 e. The van der Waals surface area contributed by atoms with Crippen LogP contribution in [-0.4, -0.2) is 101 Å². The van der Waals surface area contributed by atoms with E-state index in [0.29, 0.717) is 49.4 Å². The maximum absolute atomic E-state index is 13.5. The summed E-state index contributed by atoms with van der Waals surface area (Å²) in [7, 11) is 2.63. The minimum atomic E-state index is -2.77. The quantitative estimate of drug-likeness (QED) is 0.139. The lowest BCUT2D eigenvalue weighted by Crippen LogP contribution is -2.47. The smallest absolute Gasteiger partial charge is 0.229 e. The summed E-state index contributed by atoms with van der Waals surface area (Å²) in [5, 5.41) is 11.9. The highest BCUT2D eigenvalue weighted by Gasteiger charge is 2.38. The first kappa shape index (κ1) is 36.3. The topological polar surface area (TPSA) is 135 Å². The van der Waals surface area contributed by atoms with Crippen LogP contribution in [0.1, 0.15) is 25.7 Å². The summed E-state index contributed by atoms with van der Waals surface area (Å²) in [5.74, 6) is 1.55. The molecule has 0 bridgehead atoms. The molecule has 13 nitrogen and oxygen atoms in total. The van der Waals surface area contributed by atoms with E-state index in [4.69, 9.17) is 14.5 Å². The summed E-state index contributed by atoms with van der Waals surface area (Å²) < 4.78 is 27.3. The molecule has 2 fully saturated rings. The number of anilines is 5. The van der Waals surface area contributed by atoms with Crippen LogP contribution in [0.15, 0.2) is 59.7 Å². The van der Waals surface area contributed by atoms with Crippen molar-refractivity contribution in [1.29, 1.82) is 0 Å². The fraction of sp³-hybridized carbons (Fsp3) is 0.432. The van der Waals surface area contributed by atoms with Crippen molar-refractivity contribution in [2.24, 2.45) is 12.5 Å². The molecule has 0 amide bonds. The van der Waals surface area contributed by atoms with Crippen molar-refractivity contribution in [1.82, 2.24) is 34.6 Å². The monoisotopic (exact) mass is 788 g/mol. The van der Waals surface area contributed by atoms with Crippen molar-refractivity contribution in [3.8, 4) is 16.9 Å². The van der Waals surface area contributed by atoms with Gasteiger partial charge < -0.3 is 34.5 Å². The largest absolute Gasteiger partial charge is 0.494 e. The van der Waals surface area contributed by atoms with Crippen LogP contribution in [0.2, 0.25) is 0 Å². The molecule has 0 unspecified atom stereocenters. The summed E-state index contributed by atoms with van der Waals surface area (Å²) in [5.41, 5.74) is 6.25. The van der Waals surface area contributed by atoms with E-state index in [-0.39, 0.29) is 0 Å². The second kappa shape index (κ2) is 15.1. The van der Waals surface area contributed by atoms with E-state index >= 15 is 0 Å². The molecule has 15 heteroatoms. The molecule has 274 valence electrons. The number of aryl methyl sites for hydroxylation is 1. The number of piperidine rings is 2. The van der Waals surface area contributed by atoms with E-state index in [1.807, 2.05) is 36.3 Å². The van der Waals surface area contributed by atoms with E-state index < -0.39 is 7.14 Å². The lowest BCUT2D eigenvalue weighted by molar-refractivity contribution is 0.0618. The van der Waals surface area contributed by atoms with Crippen LogP contribution < -0.4 is 25.6 Å². The first-order valence-corrected chi connectivity index (χ1v) is 21.0. The Hall–Kier alpha value is -4.10. The second-order valence-corrected chi connectivity index (χ2v) is 18.2. The second-order valence-electron chi connectivity index (χ2n) is 14.2. The standard InChI is InChI=1S/C37H46BrN10O3P/c1-46-24-25(22-42-46)26-20-30(32(51-3)21-31(26)48-16-10-37(11-17-48)8-14-47(15-9-37)18-19-50-2)44-36-41-23-27(38)35(45-36)43-29-7-6-28-33(40-13-12-39-28)34(29)52(4,5)49/h6-7,12-13,20-24H,8-11,14-19H2,1-5H3,(H2,41,43,44,45). The third-order valence-electron chi connectivity index (χ3n) is 10.4. The molecule has 7 rings (SSSR count). The number of hydrogen-bond acceptors (Lipinski definition) is 12. The van der Waals surface area contributed by atoms with Crippen molar-refractivity contribution in [3.63, 3.8) is 0 Å². The number of benzene rings is 2. The van der Waals surface area contributed by atoms with Gasteiger partial charge in [-0.25, -0.2) is 4.98 Å². The van der Waals surface area contributed by atoms with Crippen LogP contribution >= 0.6 is 23.1 Å². The van der Waals surface area contributed by atoms with E-state index in [1.54, 1.807) is 46.1 Å². The van der Waals surface area contributed by atoms with Crippen molar-refractivity contribution in [2.45, 2.75) is 25.7 Å². The summed E-state index contributed by atoms with van der Waals surface area (Å²) >= 11 is 3.60. The number of fused-ring (bicyclic) bond motifs is 1. The summed E-state index contributed by atoms with van der Waals surface area (Å²) in [6, 6.07) is 7.95. The van der Waals surface area contributed by atoms with Gasteiger partial charge in [-0.1, -0.05) is 0 Å². The highest BCUT2D eigenvalue weighted by molar-refractivity contribution is 9.10. The Morgan fingerprint density at radius 1 is 0.942 bits per heavy atom. The molecule has 2 aliphatic rings. The Balaban J connectivity index is 1.16. The third kappa shape index (κ3) is 7.66. The number of ether oxygens (including phenoxy) is 2. The van der Waals surface area contributed by atoms with Gasteiger partial charge in [-0.05, 0) is 91.6 Å². The van der Waals surface area contributed by atoms with Crippen LogP contribution in [0.3, 0.4) is 0 Å². The van der Waals surface area contributed by atoms with Crippen LogP contribution in [0.4, 0.5) is 28.8 Å². The predicted molar refractivity (Wildman–Crippen MR) is 212 cm³/mol. The molecule has 1 spiro atoms. The van der Waals surface area contributed by atoms with Crippen molar-refractivity contribution < 1.29 is 14.0 Å². The van der Waals surface area contributed by atoms with Gasteiger partial charge in [-0.3, -0.25) is 14.6 Å². The van der Waals surface area contributed by atoms with E-state index in [1.165, 1.54) is 25.7 Å². The zero-order valence-electron chi connectivity index (χ0n) is 30.4. The molecule has 2 N–H and O–H groups in total. The van der Waals surface area contributed by atoms with Gasteiger partial charge in [-0.15, -0.1) is 0 Å². The molecule has 2 aromatic carbocycles. The molecule has 52 heavy (non-hydrogen) atoms. The van der Waals surface area contributed by atoms with Gasteiger partial charge in [0.15, 0.2) is 0 Å². The summed E-state index contributed by atoms with van der Waals surface area (Å²) in [6.07, 6.45) is 13.7. The lowest BCUT2D eigenvalue weighted by Gasteiger charge is -2.47. The normalized spacial score (nSPS) is 16.4. The van der Waals surface area contributed by atoms with Crippen molar-refractivity contribution in [2.75, 3.05) is 82.4 Å². The van der Waals surface area contributed by atoms with Gasteiger partial charge in [0.1, 0.15) is 24.2 Å². The van der Waals surface area contributed by atoms with Gasteiger partial charge in [0, 0.05) is 81.5 Å². The highest BCUT2D eigenvalue weighted by atomic mass is 79.9. The fourth-order valence-electron chi connectivity index (χ4n) is 7.51. The number of aromatic nitrogens is 6. The molecule has 5 aromatic rings. The molecule has 3 aromatic heterocycles. The van der Waals surface area contributed by atoms with Gasteiger partial charge in [0.25, 0.3) is 0 Å². The van der Waals surface area contributed by atoms with Crippen LogP contribution in [0.5, 0.6) is 5.75 Å². The third-order valence-corrected chi connectivity index (χ3v) is 12.5. The minimum absolute atomic E-state index is 0.365. The van der Waals surface area contributed by atoms with Gasteiger partial charge in [0.2, 0.25) is 5.95 Å². The maximum Gasteiger partial charge on any atom is 0.229 e. The first-order chi connectivity index (χ1) is 25.1. The maximum atomic E-state index is 13.5. The van der Waals surface area contributed by atoms with E-state index in [0.717, 1.165) is 61.8 Å². The Morgan fingerprint density at radius 2 is 1.69 bits per heavy atom. The molecule has 0 saturated carbocycles. The van der Waals surface area contributed by atoms with Crippen molar-refractivity contribution >= 4 is 68.2 Å². The Labute approximate surface area is 313 Å². The molecule has 0 atom stereocenters. The number of rotatable bonds is 11. The van der Waals surface area contributed by atoms with Crippen LogP contribution in [-0.2, 0) is 16.3 Å². The predicted octanol–water partition coefficient (Wildman–Crippen LogP) is 6.66. The zero-order valence-corrected chi connectivity index (χ0v) is 32.9. The number of methoxy groups -OCH3 is 2. The average molecular weight is 790 g/mol. The van der Waals surface area contributed by atoms with Crippen LogP contribution in [0.25, 0.3) is 22.2 Å². The SMILES string of the molecule is COCCN1CCC2(CC1)CCN(c1cc(OC)c(Nc3ncc(Br)c(Nc4ccc5nccnc5c4P(C)(C)=O)n3)cc1-c1cnn(C)c1)CC2. The average Bonchev–Trinajstić information content (AvgIpc) is 3.58.